The maximum Gasteiger partial charge on any atom is 0.251 e. The zero-order chi connectivity index (χ0) is 19.1. The van der Waals surface area contributed by atoms with E-state index in [9.17, 15) is 18.4 Å². The van der Waals surface area contributed by atoms with Gasteiger partial charge in [0.2, 0.25) is 0 Å². The molecule has 1 amide bonds. The number of hydrogen-bond acceptors (Lipinski definition) is 2. The molecule has 0 atom stereocenters. The van der Waals surface area contributed by atoms with Crippen LogP contribution in [0.2, 0.25) is 0 Å². The van der Waals surface area contributed by atoms with Gasteiger partial charge in [-0.1, -0.05) is 0 Å². The molecule has 2 aromatic carbocycles. The van der Waals surface area contributed by atoms with Gasteiger partial charge in [-0.15, -0.1) is 23.2 Å². The second-order valence-corrected chi connectivity index (χ2v) is 6.44. The first kappa shape index (κ1) is 20.3. The van der Waals surface area contributed by atoms with E-state index in [1.54, 1.807) is 6.07 Å². The molecule has 138 valence electrons. The lowest BCUT2D eigenvalue weighted by atomic mass is 10.0. The second kappa shape index (κ2) is 9.64. The summed E-state index contributed by atoms with van der Waals surface area (Å²) in [5, 5.41) is 2.89. The van der Waals surface area contributed by atoms with Crippen LogP contribution in [0.25, 0.3) is 0 Å². The maximum atomic E-state index is 12.7. The summed E-state index contributed by atoms with van der Waals surface area (Å²) in [7, 11) is 0. The van der Waals surface area contributed by atoms with E-state index in [4.69, 9.17) is 23.2 Å². The van der Waals surface area contributed by atoms with Gasteiger partial charge in [0.1, 0.15) is 11.6 Å². The fourth-order valence-electron chi connectivity index (χ4n) is 2.82. The van der Waals surface area contributed by atoms with Crippen molar-refractivity contribution in [2.75, 3.05) is 11.9 Å². The third-order valence-electron chi connectivity index (χ3n) is 3.98. The fraction of sp³-hybridized carbons (Fsp3) is 0.263. The Balaban J connectivity index is 0.000000163. The molecule has 1 heterocycles. The molecule has 1 N–H and O–H groups in total. The number of fused-ring (bicyclic) bond motifs is 2. The normalized spacial score (nSPS) is 14.2. The molecule has 0 spiro atoms. The van der Waals surface area contributed by atoms with Crippen LogP contribution in [-0.2, 0) is 12.8 Å². The zero-order valence-electron chi connectivity index (χ0n) is 13.8. The minimum Gasteiger partial charge on any atom is -0.352 e. The van der Waals surface area contributed by atoms with Crippen LogP contribution >= 0.6 is 23.2 Å². The number of amides is 1. The van der Waals surface area contributed by atoms with Crippen molar-refractivity contribution in [3.8, 4) is 0 Å². The van der Waals surface area contributed by atoms with Gasteiger partial charge >= 0.3 is 0 Å². The Labute approximate surface area is 160 Å². The second-order valence-electron chi connectivity index (χ2n) is 5.63. The van der Waals surface area contributed by atoms with Gasteiger partial charge in [0.05, 0.1) is 5.34 Å². The van der Waals surface area contributed by atoms with Crippen LogP contribution in [0, 0.1) is 11.6 Å². The first-order valence-electron chi connectivity index (χ1n) is 7.96. The summed E-state index contributed by atoms with van der Waals surface area (Å²) in [6, 6.07) is 8.61. The van der Waals surface area contributed by atoms with Crippen LogP contribution in [0.1, 0.15) is 38.3 Å². The highest BCUT2D eigenvalue weighted by atomic mass is 35.5. The first-order valence-corrected chi connectivity index (χ1v) is 9.03. The Morgan fingerprint density at radius 2 is 1.38 bits per heavy atom. The SMILES string of the molecule is ClCCl.O=C1CCc2cc(F)ccc21.O=C1NCCc2cc(F)ccc21. The van der Waals surface area contributed by atoms with Gasteiger partial charge < -0.3 is 5.32 Å². The Bertz CT molecular complexity index is 812. The molecule has 4 rings (SSSR count). The molecule has 0 fully saturated rings. The lowest BCUT2D eigenvalue weighted by Gasteiger charge is -2.15. The molecular formula is C19H17Cl2F2NO2. The van der Waals surface area contributed by atoms with Crippen LogP contribution < -0.4 is 5.32 Å². The third-order valence-corrected chi connectivity index (χ3v) is 3.98. The minimum atomic E-state index is -0.275. The lowest BCUT2D eigenvalue weighted by molar-refractivity contribution is 0.0944. The number of hydrogen-bond donors (Lipinski definition) is 1. The molecule has 3 nitrogen and oxygen atoms in total. The van der Waals surface area contributed by atoms with E-state index >= 15 is 0 Å². The van der Waals surface area contributed by atoms with E-state index in [0.29, 0.717) is 30.5 Å². The van der Waals surface area contributed by atoms with Gasteiger partial charge in [0.25, 0.3) is 5.91 Å². The Kier molecular flexibility index (Phi) is 7.54. The van der Waals surface area contributed by atoms with Crippen molar-refractivity contribution >= 4 is 34.9 Å². The van der Waals surface area contributed by atoms with E-state index < -0.39 is 0 Å². The van der Waals surface area contributed by atoms with Crippen molar-refractivity contribution in [1.29, 1.82) is 0 Å². The number of alkyl halides is 2. The average Bonchev–Trinajstić information content (AvgIpc) is 2.96. The molecule has 1 aliphatic carbocycles. The Morgan fingerprint density at radius 1 is 0.846 bits per heavy atom. The topological polar surface area (TPSA) is 46.2 Å². The number of rotatable bonds is 0. The molecule has 1 aliphatic heterocycles. The zero-order valence-corrected chi connectivity index (χ0v) is 15.3. The number of Topliss-reactive ketones (excluding diaryl/α,β-unsaturated/α-hetero) is 1. The third kappa shape index (κ3) is 5.26. The minimum absolute atomic E-state index is 0.101. The standard InChI is InChI=1S/C9H8FNO.C9H7FO.CH2Cl2/c10-7-1-2-8-6(5-7)3-4-11-9(8)12;10-7-2-3-8-6(5-7)1-4-9(8)11;2-1-3/h1-2,5H,3-4H2,(H,11,12);2-3,5H,1,4H2;1H2. The molecule has 26 heavy (non-hydrogen) atoms. The van der Waals surface area contributed by atoms with Crippen molar-refractivity contribution in [3.63, 3.8) is 0 Å². The summed E-state index contributed by atoms with van der Waals surface area (Å²) < 4.78 is 25.3. The smallest absolute Gasteiger partial charge is 0.251 e. The monoisotopic (exact) mass is 399 g/mol. The summed E-state index contributed by atoms with van der Waals surface area (Å²) >= 11 is 9.53. The number of carbonyl (C=O) groups excluding carboxylic acids is 2. The maximum absolute atomic E-state index is 12.7. The first-order chi connectivity index (χ1) is 12.5. The predicted octanol–water partition coefficient (Wildman–Crippen LogP) is 4.49. The van der Waals surface area contributed by atoms with Crippen molar-refractivity contribution in [1.82, 2.24) is 5.32 Å². The van der Waals surface area contributed by atoms with Crippen molar-refractivity contribution in [3.05, 3.63) is 70.3 Å². The number of ketones is 1. The molecule has 2 aromatic rings. The van der Waals surface area contributed by atoms with Gasteiger partial charge in [-0.2, -0.15) is 0 Å². The Hall–Kier alpha value is -1.98. The number of aryl methyl sites for hydroxylation is 1. The van der Waals surface area contributed by atoms with E-state index in [1.165, 1.54) is 30.3 Å². The van der Waals surface area contributed by atoms with Gasteiger partial charge in [-0.05, 0) is 60.4 Å². The van der Waals surface area contributed by atoms with Crippen LogP contribution in [0.3, 0.4) is 0 Å². The summed E-state index contributed by atoms with van der Waals surface area (Å²) in [5.74, 6) is -0.488. The molecule has 0 saturated carbocycles. The molecule has 0 aromatic heterocycles. The van der Waals surface area contributed by atoms with Gasteiger partial charge in [-0.25, -0.2) is 8.78 Å². The summed E-state index contributed by atoms with van der Waals surface area (Å²) in [6.45, 7) is 0.606. The summed E-state index contributed by atoms with van der Waals surface area (Å²) in [5.41, 5.74) is 2.96. The molecule has 0 saturated heterocycles. The van der Waals surface area contributed by atoms with E-state index in [1.807, 2.05) is 0 Å². The average molecular weight is 400 g/mol. The highest BCUT2D eigenvalue weighted by molar-refractivity contribution is 6.40. The van der Waals surface area contributed by atoms with Crippen molar-refractivity contribution in [2.24, 2.45) is 0 Å². The van der Waals surface area contributed by atoms with Crippen molar-refractivity contribution < 1.29 is 18.4 Å². The number of nitrogens with one attached hydrogen (secondary N) is 1. The fourth-order valence-corrected chi connectivity index (χ4v) is 2.82. The van der Waals surface area contributed by atoms with E-state index in [-0.39, 0.29) is 28.7 Å². The molecule has 0 bridgehead atoms. The van der Waals surface area contributed by atoms with E-state index in [0.717, 1.165) is 17.5 Å². The van der Waals surface area contributed by atoms with Crippen molar-refractivity contribution in [2.45, 2.75) is 19.3 Å². The molecular weight excluding hydrogens is 383 g/mol. The van der Waals surface area contributed by atoms with Gasteiger partial charge in [0.15, 0.2) is 5.78 Å². The number of benzene rings is 2. The van der Waals surface area contributed by atoms with E-state index in [2.05, 4.69) is 5.32 Å². The van der Waals surface area contributed by atoms with Crippen LogP contribution in [0.4, 0.5) is 8.78 Å². The molecule has 2 aliphatic rings. The predicted molar refractivity (Wildman–Crippen MR) is 98.1 cm³/mol. The number of carbonyl (C=O) groups is 2. The molecule has 0 radical (unpaired) electrons. The van der Waals surface area contributed by atoms with Crippen LogP contribution in [0.5, 0.6) is 0 Å². The lowest BCUT2D eigenvalue weighted by Crippen LogP contribution is -2.31. The van der Waals surface area contributed by atoms with Gasteiger partial charge in [-0.3, -0.25) is 9.59 Å². The highest BCUT2D eigenvalue weighted by Gasteiger charge is 2.19. The Morgan fingerprint density at radius 3 is 2.00 bits per heavy atom. The molecule has 0 unspecified atom stereocenters. The highest BCUT2D eigenvalue weighted by Crippen LogP contribution is 2.22. The van der Waals surface area contributed by atoms with Gasteiger partial charge in [0, 0.05) is 24.1 Å². The quantitative estimate of drug-likeness (QED) is 0.663. The van der Waals surface area contributed by atoms with Crippen LogP contribution in [-0.4, -0.2) is 23.6 Å². The number of halogens is 4. The largest absolute Gasteiger partial charge is 0.352 e. The summed E-state index contributed by atoms with van der Waals surface area (Å²) in [6.07, 6.45) is 1.96. The summed E-state index contributed by atoms with van der Waals surface area (Å²) in [4.78, 5) is 22.2. The molecule has 7 heteroatoms. The van der Waals surface area contributed by atoms with Crippen LogP contribution in [0.15, 0.2) is 36.4 Å².